The molecule has 2 aromatic heterocycles. The zero-order chi connectivity index (χ0) is 16.4. The molecule has 0 spiro atoms. The van der Waals surface area contributed by atoms with E-state index < -0.39 is 0 Å². The number of rotatable bonds is 4. The fourth-order valence-corrected chi connectivity index (χ4v) is 2.75. The molecule has 24 heavy (non-hydrogen) atoms. The van der Waals surface area contributed by atoms with Gasteiger partial charge in [-0.2, -0.15) is 10.3 Å². The summed E-state index contributed by atoms with van der Waals surface area (Å²) in [6, 6.07) is 17.7. The van der Waals surface area contributed by atoms with Crippen LogP contribution < -0.4 is 0 Å². The quantitative estimate of drug-likeness (QED) is 0.620. The fourth-order valence-electron chi connectivity index (χ4n) is 2.62. The van der Waals surface area contributed by atoms with Crippen LogP contribution in [-0.2, 0) is 6.42 Å². The Hall–Kier alpha value is -2.99. The summed E-state index contributed by atoms with van der Waals surface area (Å²) < 4.78 is 1.92. The Labute approximate surface area is 143 Å². The monoisotopic (exact) mass is 336 g/mol. The summed E-state index contributed by atoms with van der Waals surface area (Å²) in [5, 5.41) is 19.4. The Morgan fingerprint density at radius 3 is 2.50 bits per heavy atom. The molecule has 7 heteroatoms. The minimum absolute atomic E-state index is 0.543. The first-order valence-electron chi connectivity index (χ1n) is 7.42. The molecular formula is C17H13ClN6. The third-order valence-corrected chi connectivity index (χ3v) is 3.95. The van der Waals surface area contributed by atoms with E-state index in [2.05, 4.69) is 25.7 Å². The Morgan fingerprint density at radius 1 is 1.00 bits per heavy atom. The number of hydrogen-bond acceptors (Lipinski definition) is 4. The Balaban J connectivity index is 1.85. The van der Waals surface area contributed by atoms with Gasteiger partial charge < -0.3 is 0 Å². The second-order valence-electron chi connectivity index (χ2n) is 5.28. The molecule has 0 aliphatic rings. The number of aromatic nitrogens is 6. The fraction of sp³-hybridized carbons (Fsp3) is 0.0588. The summed E-state index contributed by atoms with van der Waals surface area (Å²) in [4.78, 5) is 0. The summed E-state index contributed by atoms with van der Waals surface area (Å²) in [5.74, 6) is 0.623. The lowest BCUT2D eigenvalue weighted by Gasteiger charge is -2.10. The highest BCUT2D eigenvalue weighted by Crippen LogP contribution is 2.28. The minimum atomic E-state index is 0.543. The van der Waals surface area contributed by atoms with Gasteiger partial charge in [-0.05, 0) is 24.3 Å². The van der Waals surface area contributed by atoms with Crippen LogP contribution in [-0.4, -0.2) is 30.4 Å². The number of nitrogens with zero attached hydrogens (tertiary/aromatic N) is 5. The third kappa shape index (κ3) is 2.79. The number of hydrogen-bond donors (Lipinski definition) is 1. The third-order valence-electron chi connectivity index (χ3n) is 3.70. The van der Waals surface area contributed by atoms with E-state index in [0.29, 0.717) is 17.3 Å². The van der Waals surface area contributed by atoms with Gasteiger partial charge in [0.2, 0.25) is 0 Å². The van der Waals surface area contributed by atoms with Gasteiger partial charge in [0.25, 0.3) is 0 Å². The smallest absolute Gasteiger partial charge is 0.179 e. The van der Waals surface area contributed by atoms with Crippen molar-refractivity contribution in [3.8, 4) is 16.9 Å². The van der Waals surface area contributed by atoms with Crippen LogP contribution in [0.5, 0.6) is 0 Å². The van der Waals surface area contributed by atoms with Crippen LogP contribution in [0.15, 0.2) is 60.8 Å². The van der Waals surface area contributed by atoms with Crippen LogP contribution in [0.1, 0.15) is 11.4 Å². The van der Waals surface area contributed by atoms with Crippen molar-refractivity contribution in [3.63, 3.8) is 0 Å². The summed E-state index contributed by atoms with van der Waals surface area (Å²) in [7, 11) is 0. The van der Waals surface area contributed by atoms with E-state index in [1.807, 2.05) is 65.5 Å². The topological polar surface area (TPSA) is 72.3 Å². The number of halogens is 1. The molecule has 0 bridgehead atoms. The van der Waals surface area contributed by atoms with Crippen molar-refractivity contribution in [1.29, 1.82) is 0 Å². The molecule has 0 fully saturated rings. The van der Waals surface area contributed by atoms with Crippen LogP contribution in [0, 0.1) is 0 Å². The van der Waals surface area contributed by atoms with Gasteiger partial charge in [0.15, 0.2) is 5.82 Å². The molecule has 2 aromatic carbocycles. The number of nitrogens with one attached hydrogen (secondary N) is 1. The van der Waals surface area contributed by atoms with E-state index in [1.165, 1.54) is 0 Å². The lowest BCUT2D eigenvalue weighted by Crippen LogP contribution is -2.00. The van der Waals surface area contributed by atoms with Crippen LogP contribution in [0.4, 0.5) is 0 Å². The molecule has 6 nitrogen and oxygen atoms in total. The van der Waals surface area contributed by atoms with E-state index in [0.717, 1.165) is 22.5 Å². The van der Waals surface area contributed by atoms with Crippen molar-refractivity contribution in [2.45, 2.75) is 6.42 Å². The van der Waals surface area contributed by atoms with E-state index in [-0.39, 0.29) is 0 Å². The van der Waals surface area contributed by atoms with Gasteiger partial charge in [-0.3, -0.25) is 0 Å². The van der Waals surface area contributed by atoms with Gasteiger partial charge in [0.05, 0.1) is 17.6 Å². The predicted octanol–water partition coefficient (Wildman–Crippen LogP) is 3.30. The van der Waals surface area contributed by atoms with Gasteiger partial charge in [-0.25, -0.2) is 4.68 Å². The van der Waals surface area contributed by atoms with Gasteiger partial charge in [-0.1, -0.05) is 47.1 Å². The first kappa shape index (κ1) is 14.6. The molecule has 4 rings (SSSR count). The van der Waals surface area contributed by atoms with E-state index in [1.54, 1.807) is 0 Å². The Bertz CT molecular complexity index is 929. The Kier molecular flexibility index (Phi) is 3.80. The normalized spacial score (nSPS) is 10.9. The average molecular weight is 337 g/mol. The molecule has 4 aromatic rings. The number of aromatic amines is 1. The summed E-state index contributed by atoms with van der Waals surface area (Å²) in [6.45, 7) is 0. The summed E-state index contributed by atoms with van der Waals surface area (Å²) >= 11 is 6.03. The summed E-state index contributed by atoms with van der Waals surface area (Å²) in [6.07, 6.45) is 2.38. The van der Waals surface area contributed by atoms with Crippen LogP contribution in [0.25, 0.3) is 16.9 Å². The first-order chi connectivity index (χ1) is 11.8. The van der Waals surface area contributed by atoms with E-state index in [4.69, 9.17) is 11.6 Å². The molecule has 0 unspecified atom stereocenters. The maximum atomic E-state index is 6.03. The zero-order valence-electron chi connectivity index (χ0n) is 12.6. The van der Waals surface area contributed by atoms with Gasteiger partial charge in [0, 0.05) is 22.6 Å². The molecule has 0 aliphatic carbocycles. The standard InChI is InChI=1S/C17H13ClN6/c18-14-8-6-12(7-9-14)17-13(10-16-20-22-23-21-16)11-19-24(17)15-4-2-1-3-5-15/h1-9,11H,10H2,(H,20,21,22,23). The molecule has 0 atom stereocenters. The molecule has 1 N–H and O–H groups in total. The van der Waals surface area contributed by atoms with Crippen molar-refractivity contribution in [3.05, 3.63) is 77.2 Å². The highest BCUT2D eigenvalue weighted by molar-refractivity contribution is 6.30. The molecule has 2 heterocycles. The predicted molar refractivity (Wildman–Crippen MR) is 91.0 cm³/mol. The van der Waals surface area contributed by atoms with Crippen LogP contribution in [0.3, 0.4) is 0 Å². The lowest BCUT2D eigenvalue weighted by molar-refractivity contribution is 0.881. The first-order valence-corrected chi connectivity index (χ1v) is 7.79. The average Bonchev–Trinajstić information content (AvgIpc) is 3.27. The minimum Gasteiger partial charge on any atom is -0.233 e. The van der Waals surface area contributed by atoms with E-state index in [9.17, 15) is 0 Å². The van der Waals surface area contributed by atoms with Crippen molar-refractivity contribution < 1.29 is 0 Å². The number of tetrazole rings is 1. The van der Waals surface area contributed by atoms with Crippen molar-refractivity contribution in [1.82, 2.24) is 30.4 Å². The van der Waals surface area contributed by atoms with E-state index >= 15 is 0 Å². The zero-order valence-corrected chi connectivity index (χ0v) is 13.4. The molecule has 0 saturated heterocycles. The van der Waals surface area contributed by atoms with Crippen LogP contribution in [0.2, 0.25) is 5.02 Å². The van der Waals surface area contributed by atoms with Gasteiger partial charge >= 0.3 is 0 Å². The molecule has 0 radical (unpaired) electrons. The summed E-state index contributed by atoms with van der Waals surface area (Å²) in [5.41, 5.74) is 4.02. The lowest BCUT2D eigenvalue weighted by atomic mass is 10.1. The second kappa shape index (κ2) is 6.25. The molecule has 0 saturated carbocycles. The maximum Gasteiger partial charge on any atom is 0.179 e. The highest BCUT2D eigenvalue weighted by Gasteiger charge is 2.16. The highest BCUT2D eigenvalue weighted by atomic mass is 35.5. The van der Waals surface area contributed by atoms with Crippen LogP contribution >= 0.6 is 11.6 Å². The van der Waals surface area contributed by atoms with Crippen molar-refractivity contribution in [2.24, 2.45) is 0 Å². The SMILES string of the molecule is Clc1ccc(-c2c(Cc3nn[nH]n3)cnn2-c2ccccc2)cc1. The molecule has 118 valence electrons. The van der Waals surface area contributed by atoms with Gasteiger partial charge in [-0.15, -0.1) is 10.2 Å². The number of benzene rings is 2. The Morgan fingerprint density at radius 2 is 1.79 bits per heavy atom. The molecule has 0 amide bonds. The molecule has 0 aliphatic heterocycles. The largest absolute Gasteiger partial charge is 0.233 e. The number of para-hydroxylation sites is 1. The maximum absolute atomic E-state index is 6.03. The molecular weight excluding hydrogens is 324 g/mol. The van der Waals surface area contributed by atoms with Gasteiger partial charge in [0.1, 0.15) is 0 Å². The van der Waals surface area contributed by atoms with Crippen molar-refractivity contribution in [2.75, 3.05) is 0 Å². The number of H-pyrrole nitrogens is 1. The second-order valence-corrected chi connectivity index (χ2v) is 5.71. The van der Waals surface area contributed by atoms with Crippen molar-refractivity contribution >= 4 is 11.6 Å².